The predicted molar refractivity (Wildman–Crippen MR) is 107 cm³/mol. The number of rotatable bonds is 5. The molecule has 29 heavy (non-hydrogen) atoms. The van der Waals surface area contributed by atoms with E-state index in [0.29, 0.717) is 0 Å². The van der Waals surface area contributed by atoms with Crippen LogP contribution in [0.5, 0.6) is 0 Å². The van der Waals surface area contributed by atoms with Crippen LogP contribution in [0.1, 0.15) is 31.9 Å². The van der Waals surface area contributed by atoms with Gasteiger partial charge in [0.15, 0.2) is 0 Å². The number of hydrogen-bond acceptors (Lipinski definition) is 3. The Balaban J connectivity index is 2.28. The zero-order valence-corrected chi connectivity index (χ0v) is 17.4. The molecule has 0 spiro atoms. The summed E-state index contributed by atoms with van der Waals surface area (Å²) in [6.07, 6.45) is -3.72. The topological polar surface area (TPSA) is 66.5 Å². The van der Waals surface area contributed by atoms with E-state index < -0.39 is 39.9 Å². The fourth-order valence-corrected chi connectivity index (χ4v) is 3.54. The average molecular weight is 428 g/mol. The SMILES string of the molecule is CC(C)(C)c1ccc(N(CC(=O)Nc2ccccc2C(F)(F)F)S(C)(=O)=O)cc1. The number of carbonyl (C=O) groups is 1. The van der Waals surface area contributed by atoms with Crippen molar-refractivity contribution in [2.24, 2.45) is 0 Å². The highest BCUT2D eigenvalue weighted by atomic mass is 32.2. The lowest BCUT2D eigenvalue weighted by molar-refractivity contribution is -0.137. The van der Waals surface area contributed by atoms with Crippen molar-refractivity contribution in [3.63, 3.8) is 0 Å². The molecule has 0 radical (unpaired) electrons. The first-order valence-corrected chi connectivity index (χ1v) is 10.6. The van der Waals surface area contributed by atoms with Gasteiger partial charge in [-0.2, -0.15) is 13.2 Å². The molecule has 0 aliphatic heterocycles. The van der Waals surface area contributed by atoms with E-state index in [1.54, 1.807) is 24.3 Å². The molecule has 0 saturated heterocycles. The van der Waals surface area contributed by atoms with Gasteiger partial charge in [0, 0.05) is 0 Å². The highest BCUT2D eigenvalue weighted by Crippen LogP contribution is 2.34. The molecular formula is C20H23F3N2O3S. The third kappa shape index (κ3) is 5.96. The smallest absolute Gasteiger partial charge is 0.324 e. The molecule has 0 atom stereocenters. The summed E-state index contributed by atoms with van der Waals surface area (Å²) in [6.45, 7) is 5.35. The van der Waals surface area contributed by atoms with Crippen molar-refractivity contribution in [1.29, 1.82) is 0 Å². The lowest BCUT2D eigenvalue weighted by atomic mass is 9.87. The summed E-state index contributed by atoms with van der Waals surface area (Å²) < 4.78 is 64.5. The molecule has 2 aromatic carbocycles. The first-order chi connectivity index (χ1) is 13.2. The number of nitrogens with one attached hydrogen (secondary N) is 1. The second kappa shape index (κ2) is 8.06. The van der Waals surface area contributed by atoms with Crippen LogP contribution in [0.3, 0.4) is 0 Å². The number of sulfonamides is 1. The Morgan fingerprint density at radius 3 is 2.03 bits per heavy atom. The van der Waals surface area contributed by atoms with E-state index in [1.165, 1.54) is 12.1 Å². The molecule has 5 nitrogen and oxygen atoms in total. The molecule has 0 bridgehead atoms. The summed E-state index contributed by atoms with van der Waals surface area (Å²) in [5.41, 5.74) is -0.360. The normalized spacial score (nSPS) is 12.5. The Kier molecular flexibility index (Phi) is 6.32. The minimum Gasteiger partial charge on any atom is -0.324 e. The Morgan fingerprint density at radius 1 is 1.00 bits per heavy atom. The van der Waals surface area contributed by atoms with Crippen LogP contribution in [0.15, 0.2) is 48.5 Å². The van der Waals surface area contributed by atoms with Crippen LogP contribution in [-0.4, -0.2) is 27.1 Å². The van der Waals surface area contributed by atoms with Crippen molar-refractivity contribution >= 4 is 27.3 Å². The molecule has 0 aliphatic rings. The number of para-hydroxylation sites is 1. The van der Waals surface area contributed by atoms with Gasteiger partial charge in [0.25, 0.3) is 0 Å². The number of alkyl halides is 3. The first-order valence-electron chi connectivity index (χ1n) is 8.74. The second-order valence-corrected chi connectivity index (χ2v) is 9.56. The molecule has 1 N–H and O–H groups in total. The minimum absolute atomic E-state index is 0.146. The summed E-state index contributed by atoms with van der Waals surface area (Å²) in [4.78, 5) is 12.4. The van der Waals surface area contributed by atoms with Crippen LogP contribution in [0, 0.1) is 0 Å². The maximum absolute atomic E-state index is 13.1. The average Bonchev–Trinajstić information content (AvgIpc) is 2.57. The van der Waals surface area contributed by atoms with Crippen molar-refractivity contribution in [2.75, 3.05) is 22.4 Å². The molecule has 2 aromatic rings. The predicted octanol–water partition coefficient (Wildman–Crippen LogP) is 4.41. The van der Waals surface area contributed by atoms with Gasteiger partial charge in [-0.15, -0.1) is 0 Å². The Labute approximate surface area is 168 Å². The fourth-order valence-electron chi connectivity index (χ4n) is 2.69. The Hall–Kier alpha value is -2.55. The van der Waals surface area contributed by atoms with Crippen LogP contribution < -0.4 is 9.62 Å². The van der Waals surface area contributed by atoms with Crippen molar-refractivity contribution in [2.45, 2.75) is 32.4 Å². The summed E-state index contributed by atoms with van der Waals surface area (Å²) in [6, 6.07) is 11.2. The molecule has 0 aliphatic carbocycles. The standard InChI is InChI=1S/C20H23F3N2O3S/c1-19(2,3)14-9-11-15(12-10-14)25(29(4,27)28)13-18(26)24-17-8-6-5-7-16(17)20(21,22)23/h5-12H,13H2,1-4H3,(H,24,26). The summed E-state index contributed by atoms with van der Waals surface area (Å²) in [5.74, 6) is -0.882. The first kappa shape index (κ1) is 22.7. The molecule has 0 heterocycles. The van der Waals surface area contributed by atoms with Gasteiger partial charge in [0.1, 0.15) is 6.54 Å². The fraction of sp³-hybridized carbons (Fsp3) is 0.350. The van der Waals surface area contributed by atoms with Crippen molar-refractivity contribution in [3.05, 3.63) is 59.7 Å². The number of amides is 1. The van der Waals surface area contributed by atoms with Crippen molar-refractivity contribution in [1.82, 2.24) is 0 Å². The van der Waals surface area contributed by atoms with Gasteiger partial charge in [-0.25, -0.2) is 8.42 Å². The number of halogens is 3. The monoisotopic (exact) mass is 428 g/mol. The quantitative estimate of drug-likeness (QED) is 0.767. The molecule has 1 amide bonds. The van der Waals surface area contributed by atoms with Crippen molar-refractivity contribution in [3.8, 4) is 0 Å². The lowest BCUT2D eigenvalue weighted by Crippen LogP contribution is -2.37. The highest BCUT2D eigenvalue weighted by molar-refractivity contribution is 7.92. The van der Waals surface area contributed by atoms with Gasteiger partial charge >= 0.3 is 6.18 Å². The maximum atomic E-state index is 13.1. The Morgan fingerprint density at radius 2 is 1.55 bits per heavy atom. The summed E-state index contributed by atoms with van der Waals surface area (Å²) >= 11 is 0. The van der Waals surface area contributed by atoms with E-state index in [0.717, 1.165) is 28.3 Å². The lowest BCUT2D eigenvalue weighted by Gasteiger charge is -2.24. The van der Waals surface area contributed by atoms with E-state index in [4.69, 9.17) is 0 Å². The van der Waals surface area contributed by atoms with Gasteiger partial charge in [-0.3, -0.25) is 9.10 Å². The van der Waals surface area contributed by atoms with E-state index in [-0.39, 0.29) is 11.1 Å². The van der Waals surface area contributed by atoms with Gasteiger partial charge in [0.2, 0.25) is 15.9 Å². The molecule has 2 rings (SSSR count). The number of hydrogen-bond donors (Lipinski definition) is 1. The van der Waals surface area contributed by atoms with E-state index in [2.05, 4.69) is 5.32 Å². The second-order valence-electron chi connectivity index (χ2n) is 7.66. The van der Waals surface area contributed by atoms with Crippen molar-refractivity contribution < 1.29 is 26.4 Å². The largest absolute Gasteiger partial charge is 0.418 e. The number of benzene rings is 2. The number of nitrogens with zero attached hydrogens (tertiary/aromatic N) is 1. The van der Waals surface area contributed by atoms with Crippen LogP contribution >= 0.6 is 0 Å². The zero-order valence-electron chi connectivity index (χ0n) is 16.5. The highest BCUT2D eigenvalue weighted by Gasteiger charge is 2.34. The maximum Gasteiger partial charge on any atom is 0.418 e. The summed E-state index contributed by atoms with van der Waals surface area (Å²) in [5, 5.41) is 2.16. The molecule has 158 valence electrons. The van der Waals surface area contributed by atoms with E-state index >= 15 is 0 Å². The van der Waals surface area contributed by atoms with Gasteiger partial charge in [0.05, 0.1) is 23.2 Å². The van der Waals surface area contributed by atoms with Gasteiger partial charge in [-0.05, 0) is 35.2 Å². The van der Waals surface area contributed by atoms with Gasteiger partial charge < -0.3 is 5.32 Å². The third-order valence-corrected chi connectivity index (χ3v) is 5.36. The third-order valence-electron chi connectivity index (χ3n) is 4.22. The minimum atomic E-state index is -4.65. The molecule has 0 aromatic heterocycles. The van der Waals surface area contributed by atoms with Gasteiger partial charge in [-0.1, -0.05) is 45.0 Å². The zero-order chi connectivity index (χ0) is 22.0. The molecular weight excluding hydrogens is 405 g/mol. The summed E-state index contributed by atoms with van der Waals surface area (Å²) in [7, 11) is -3.84. The van der Waals surface area contributed by atoms with E-state index in [1.807, 2.05) is 20.8 Å². The van der Waals surface area contributed by atoms with Crippen LogP contribution in [0.4, 0.5) is 24.5 Å². The molecule has 0 fully saturated rings. The van der Waals surface area contributed by atoms with Crippen LogP contribution in [0.25, 0.3) is 0 Å². The van der Waals surface area contributed by atoms with Crippen LogP contribution in [-0.2, 0) is 26.4 Å². The van der Waals surface area contributed by atoms with Crippen LogP contribution in [0.2, 0.25) is 0 Å². The number of anilines is 2. The molecule has 0 unspecified atom stereocenters. The molecule has 9 heteroatoms. The van der Waals surface area contributed by atoms with E-state index in [9.17, 15) is 26.4 Å². The Bertz CT molecular complexity index is 979. The number of carbonyl (C=O) groups excluding carboxylic acids is 1. The molecule has 0 saturated carbocycles.